The van der Waals surface area contributed by atoms with Gasteiger partial charge in [0.05, 0.1) is 18.0 Å². The molecule has 0 spiro atoms. The lowest BCUT2D eigenvalue weighted by Crippen LogP contribution is -1.92. The Bertz CT molecular complexity index is 657. The van der Waals surface area contributed by atoms with Crippen molar-refractivity contribution in [2.24, 2.45) is 0 Å². The number of hydrogen-bond donors (Lipinski definition) is 0. The van der Waals surface area contributed by atoms with Crippen molar-refractivity contribution >= 4 is 11.6 Å². The molecule has 0 fully saturated rings. The molecule has 0 saturated heterocycles. The van der Waals surface area contributed by atoms with Gasteiger partial charge in [0, 0.05) is 0 Å². The van der Waals surface area contributed by atoms with Crippen LogP contribution in [0.2, 0.25) is 0 Å². The van der Waals surface area contributed by atoms with Gasteiger partial charge < -0.3 is 4.42 Å². The van der Waals surface area contributed by atoms with E-state index >= 15 is 0 Å². The van der Waals surface area contributed by atoms with Gasteiger partial charge in [-0.2, -0.15) is 10.2 Å². The highest BCUT2D eigenvalue weighted by Gasteiger charge is 2.18. The van der Waals surface area contributed by atoms with E-state index in [1.165, 1.54) is 0 Å². The Labute approximate surface area is 114 Å². The van der Waals surface area contributed by atoms with Crippen molar-refractivity contribution in [2.45, 2.75) is 5.38 Å². The van der Waals surface area contributed by atoms with Crippen molar-refractivity contribution in [3.63, 3.8) is 0 Å². The van der Waals surface area contributed by atoms with E-state index in [1.54, 1.807) is 18.5 Å². The maximum absolute atomic E-state index is 6.31. The van der Waals surface area contributed by atoms with Crippen LogP contribution in [0.4, 0.5) is 0 Å². The minimum absolute atomic E-state index is 0.361. The van der Waals surface area contributed by atoms with Crippen molar-refractivity contribution < 1.29 is 4.42 Å². The molecule has 3 rings (SSSR count). The molecule has 0 saturated carbocycles. The number of halogens is 1. The number of nitrogens with zero attached hydrogens (tertiary/aromatic N) is 4. The molecule has 0 N–H and O–H groups in total. The highest BCUT2D eigenvalue weighted by Crippen LogP contribution is 2.29. The van der Waals surface area contributed by atoms with Crippen molar-refractivity contribution in [2.75, 3.05) is 0 Å². The topological polar surface area (TPSA) is 64.7 Å². The van der Waals surface area contributed by atoms with E-state index in [2.05, 4.69) is 20.4 Å². The fourth-order valence-corrected chi connectivity index (χ4v) is 1.87. The normalized spacial score (nSPS) is 12.3. The third kappa shape index (κ3) is 2.46. The number of benzene rings is 1. The molecular weight excluding hydrogens is 264 g/mol. The Balaban J connectivity index is 1.90. The summed E-state index contributed by atoms with van der Waals surface area (Å²) in [5.41, 5.74) is 1.62. The van der Waals surface area contributed by atoms with Crippen LogP contribution in [-0.4, -0.2) is 20.4 Å². The summed E-state index contributed by atoms with van der Waals surface area (Å²) in [6, 6.07) is 11.3. The summed E-state index contributed by atoms with van der Waals surface area (Å²) in [5.74, 6) is 0.742. The molecule has 0 radical (unpaired) electrons. The van der Waals surface area contributed by atoms with Gasteiger partial charge in [-0.1, -0.05) is 30.3 Å². The molecule has 0 amide bonds. The first-order chi connectivity index (χ1) is 9.34. The first-order valence-electron chi connectivity index (χ1n) is 5.64. The molecule has 0 aliphatic heterocycles. The summed E-state index contributed by atoms with van der Waals surface area (Å²) in [6.07, 6.45) is 3.12. The smallest absolute Gasteiger partial charge is 0.249 e. The van der Waals surface area contributed by atoms with Gasteiger partial charge >= 0.3 is 0 Å². The van der Waals surface area contributed by atoms with Crippen LogP contribution in [-0.2, 0) is 0 Å². The van der Waals surface area contributed by atoms with Crippen LogP contribution >= 0.6 is 11.6 Å². The Kier molecular flexibility index (Phi) is 3.20. The molecule has 94 valence electrons. The molecule has 3 aromatic rings. The SMILES string of the molecule is ClC(c1ccccc1)c1nnc(-c2ccnnc2)o1. The highest BCUT2D eigenvalue weighted by molar-refractivity contribution is 6.22. The highest BCUT2D eigenvalue weighted by atomic mass is 35.5. The molecule has 5 nitrogen and oxygen atoms in total. The van der Waals surface area contributed by atoms with E-state index < -0.39 is 5.38 Å². The first-order valence-corrected chi connectivity index (χ1v) is 6.08. The zero-order chi connectivity index (χ0) is 13.1. The molecule has 0 aliphatic carbocycles. The number of alkyl halides is 1. The molecule has 6 heteroatoms. The summed E-state index contributed by atoms with van der Waals surface area (Å²) >= 11 is 6.31. The van der Waals surface area contributed by atoms with Crippen molar-refractivity contribution in [1.29, 1.82) is 0 Å². The van der Waals surface area contributed by atoms with Crippen LogP contribution in [0.25, 0.3) is 11.5 Å². The second-order valence-electron chi connectivity index (χ2n) is 3.85. The van der Waals surface area contributed by atoms with Gasteiger partial charge in [-0.15, -0.1) is 21.8 Å². The van der Waals surface area contributed by atoms with E-state index in [4.69, 9.17) is 16.0 Å². The fraction of sp³-hybridized carbons (Fsp3) is 0.0769. The van der Waals surface area contributed by atoms with E-state index in [-0.39, 0.29) is 0 Å². The Morgan fingerprint density at radius 3 is 2.58 bits per heavy atom. The predicted molar refractivity (Wildman–Crippen MR) is 69.5 cm³/mol. The van der Waals surface area contributed by atoms with Gasteiger partial charge in [0.25, 0.3) is 0 Å². The monoisotopic (exact) mass is 272 g/mol. The zero-order valence-electron chi connectivity index (χ0n) is 9.77. The van der Waals surface area contributed by atoms with Crippen LogP contribution in [0.15, 0.2) is 53.2 Å². The zero-order valence-corrected chi connectivity index (χ0v) is 10.5. The van der Waals surface area contributed by atoms with Gasteiger partial charge in [-0.3, -0.25) is 0 Å². The molecule has 2 heterocycles. The van der Waals surface area contributed by atoms with Crippen LogP contribution < -0.4 is 0 Å². The van der Waals surface area contributed by atoms with Crippen LogP contribution in [0.1, 0.15) is 16.8 Å². The molecular formula is C13H9ClN4O. The molecule has 2 aromatic heterocycles. The van der Waals surface area contributed by atoms with Crippen molar-refractivity contribution in [1.82, 2.24) is 20.4 Å². The molecule has 19 heavy (non-hydrogen) atoms. The maximum atomic E-state index is 6.31. The minimum atomic E-state index is -0.461. The van der Waals surface area contributed by atoms with E-state index in [9.17, 15) is 0 Å². The third-order valence-electron chi connectivity index (χ3n) is 2.58. The van der Waals surface area contributed by atoms with Crippen molar-refractivity contribution in [3.8, 4) is 11.5 Å². The first kappa shape index (κ1) is 11.8. The Morgan fingerprint density at radius 1 is 1.00 bits per heavy atom. The predicted octanol–water partition coefficient (Wildman–Crippen LogP) is 2.85. The molecule has 0 bridgehead atoms. The summed E-state index contributed by atoms with van der Waals surface area (Å²) in [6.45, 7) is 0. The maximum Gasteiger partial charge on any atom is 0.249 e. The Morgan fingerprint density at radius 2 is 1.84 bits per heavy atom. The average Bonchev–Trinajstić information content (AvgIpc) is 2.98. The summed E-state index contributed by atoms with van der Waals surface area (Å²) in [7, 11) is 0. The van der Waals surface area contributed by atoms with Gasteiger partial charge in [0.2, 0.25) is 11.8 Å². The van der Waals surface area contributed by atoms with Crippen LogP contribution in [0.5, 0.6) is 0 Å². The summed E-state index contributed by atoms with van der Waals surface area (Å²) < 4.78 is 5.56. The average molecular weight is 273 g/mol. The lowest BCUT2D eigenvalue weighted by Gasteiger charge is -2.03. The Hall–Kier alpha value is -2.27. The molecule has 1 aromatic carbocycles. The summed E-state index contributed by atoms with van der Waals surface area (Å²) in [5, 5.41) is 14.9. The lowest BCUT2D eigenvalue weighted by molar-refractivity contribution is 0.513. The fourth-order valence-electron chi connectivity index (χ4n) is 1.64. The molecule has 0 aliphatic rings. The number of rotatable bonds is 3. The number of aromatic nitrogens is 4. The molecule has 1 atom stereocenters. The van der Waals surface area contributed by atoms with Gasteiger partial charge in [-0.05, 0) is 11.6 Å². The van der Waals surface area contributed by atoms with Crippen molar-refractivity contribution in [3.05, 3.63) is 60.2 Å². The third-order valence-corrected chi connectivity index (χ3v) is 3.02. The standard InChI is InChI=1S/C13H9ClN4O/c14-11(9-4-2-1-3-5-9)13-18-17-12(19-13)10-6-7-15-16-8-10/h1-8,11H. The quantitative estimate of drug-likeness (QED) is 0.686. The van der Waals surface area contributed by atoms with E-state index in [0.717, 1.165) is 5.56 Å². The van der Waals surface area contributed by atoms with Crippen LogP contribution in [0, 0.1) is 0 Å². The summed E-state index contributed by atoms with van der Waals surface area (Å²) in [4.78, 5) is 0. The second-order valence-corrected chi connectivity index (χ2v) is 4.29. The second kappa shape index (κ2) is 5.16. The number of hydrogen-bond acceptors (Lipinski definition) is 5. The van der Waals surface area contributed by atoms with Gasteiger partial charge in [0.1, 0.15) is 5.38 Å². The van der Waals surface area contributed by atoms with Crippen LogP contribution in [0.3, 0.4) is 0 Å². The molecule has 1 unspecified atom stereocenters. The minimum Gasteiger partial charge on any atom is -0.419 e. The lowest BCUT2D eigenvalue weighted by atomic mass is 10.1. The van der Waals surface area contributed by atoms with E-state index in [0.29, 0.717) is 17.3 Å². The largest absolute Gasteiger partial charge is 0.419 e. The van der Waals surface area contributed by atoms with Gasteiger partial charge in [0.15, 0.2) is 0 Å². The van der Waals surface area contributed by atoms with E-state index in [1.807, 2.05) is 30.3 Å². The van der Waals surface area contributed by atoms with Gasteiger partial charge in [-0.25, -0.2) is 0 Å².